The molecule has 1 aromatic carbocycles. The topological polar surface area (TPSA) is 68.8 Å². The Morgan fingerprint density at radius 1 is 1.24 bits per heavy atom. The van der Waals surface area contributed by atoms with Gasteiger partial charge in [-0.25, -0.2) is 0 Å². The van der Waals surface area contributed by atoms with E-state index in [9.17, 15) is 4.79 Å². The van der Waals surface area contributed by atoms with E-state index in [1.807, 2.05) is 32.9 Å². The third-order valence-corrected chi connectivity index (χ3v) is 5.57. The van der Waals surface area contributed by atoms with E-state index in [2.05, 4.69) is 45.0 Å². The summed E-state index contributed by atoms with van der Waals surface area (Å²) in [5.74, 6) is 1.27. The third kappa shape index (κ3) is 7.19. The number of carbonyl (C=O) groups excluding carboxylic acids is 1. The number of nitrogens with zero attached hydrogens (tertiary/aromatic N) is 2. The lowest BCUT2D eigenvalue weighted by atomic mass is 9.85. The lowest BCUT2D eigenvalue weighted by Gasteiger charge is -2.40. The van der Waals surface area contributed by atoms with Crippen LogP contribution in [-0.4, -0.2) is 57.0 Å². The number of likely N-dealkylation sites (tertiary alicyclic amines) is 1. The van der Waals surface area contributed by atoms with Crippen LogP contribution >= 0.6 is 11.6 Å². The van der Waals surface area contributed by atoms with Crippen LogP contribution in [0.4, 0.5) is 0 Å². The first-order valence-electron chi connectivity index (χ1n) is 10.4. The zero-order valence-electron chi connectivity index (χ0n) is 18.4. The van der Waals surface area contributed by atoms with Crippen molar-refractivity contribution in [1.82, 2.24) is 20.9 Å². The van der Waals surface area contributed by atoms with E-state index in [1.165, 1.54) is 12.0 Å². The van der Waals surface area contributed by atoms with E-state index in [4.69, 9.17) is 11.6 Å². The predicted octanol–water partition coefficient (Wildman–Crippen LogP) is 3.05. The van der Waals surface area contributed by atoms with Crippen LogP contribution < -0.4 is 16.0 Å². The molecule has 0 aromatic heterocycles. The number of hydrogen-bond acceptors (Lipinski definition) is 3. The second-order valence-corrected chi connectivity index (χ2v) is 9.20. The molecule has 162 valence electrons. The highest BCUT2D eigenvalue weighted by Crippen LogP contribution is 2.35. The molecule has 7 heteroatoms. The van der Waals surface area contributed by atoms with Gasteiger partial charge in [-0.3, -0.25) is 14.7 Å². The molecule has 0 aliphatic carbocycles. The van der Waals surface area contributed by atoms with E-state index < -0.39 is 0 Å². The van der Waals surface area contributed by atoms with E-state index in [0.29, 0.717) is 25.0 Å². The molecule has 2 unspecified atom stereocenters. The fourth-order valence-electron chi connectivity index (χ4n) is 3.76. The number of piperidine rings is 1. The minimum Gasteiger partial charge on any atom is -0.356 e. The van der Waals surface area contributed by atoms with E-state index in [-0.39, 0.29) is 11.3 Å². The van der Waals surface area contributed by atoms with Crippen molar-refractivity contribution in [3.8, 4) is 0 Å². The standard InChI is InChI=1S/C22H36ClN5O/c1-22(2,3)20(29)25-11-12-26-21(24-4)27-15-17-9-7-13-28(5)19(17)16-8-6-10-18(23)14-16/h6,8,10,14,17,19H,7,9,11-13,15H2,1-5H3,(H,25,29)(H2,24,26,27). The smallest absolute Gasteiger partial charge is 0.225 e. The van der Waals surface area contributed by atoms with Crippen LogP contribution in [0.2, 0.25) is 5.02 Å². The van der Waals surface area contributed by atoms with Crippen molar-refractivity contribution in [3.05, 3.63) is 34.9 Å². The summed E-state index contributed by atoms with van der Waals surface area (Å²) in [6.07, 6.45) is 2.35. The van der Waals surface area contributed by atoms with E-state index in [0.717, 1.165) is 30.5 Å². The molecule has 29 heavy (non-hydrogen) atoms. The zero-order valence-corrected chi connectivity index (χ0v) is 19.1. The molecule has 0 bridgehead atoms. The van der Waals surface area contributed by atoms with Gasteiger partial charge in [0, 0.05) is 43.2 Å². The summed E-state index contributed by atoms with van der Waals surface area (Å²) in [7, 11) is 3.95. The summed E-state index contributed by atoms with van der Waals surface area (Å²) >= 11 is 6.24. The molecule has 3 N–H and O–H groups in total. The first kappa shape index (κ1) is 23.5. The van der Waals surface area contributed by atoms with Crippen LogP contribution in [0.5, 0.6) is 0 Å². The summed E-state index contributed by atoms with van der Waals surface area (Å²) in [6, 6.07) is 8.52. The zero-order chi connectivity index (χ0) is 21.4. The van der Waals surface area contributed by atoms with E-state index in [1.54, 1.807) is 7.05 Å². The van der Waals surface area contributed by atoms with Gasteiger partial charge in [0.05, 0.1) is 0 Å². The summed E-state index contributed by atoms with van der Waals surface area (Å²) in [4.78, 5) is 18.7. The Morgan fingerprint density at radius 2 is 1.97 bits per heavy atom. The van der Waals surface area contributed by atoms with Gasteiger partial charge in [-0.05, 0) is 50.0 Å². The maximum absolute atomic E-state index is 11.9. The van der Waals surface area contributed by atoms with Crippen molar-refractivity contribution in [2.24, 2.45) is 16.3 Å². The Hall–Kier alpha value is -1.79. The van der Waals surface area contributed by atoms with Gasteiger partial charge < -0.3 is 16.0 Å². The fraction of sp³-hybridized carbons (Fsp3) is 0.636. The van der Waals surface area contributed by atoms with Gasteiger partial charge in [-0.15, -0.1) is 0 Å². The van der Waals surface area contributed by atoms with Gasteiger partial charge in [-0.1, -0.05) is 44.5 Å². The van der Waals surface area contributed by atoms with Crippen molar-refractivity contribution < 1.29 is 4.79 Å². The van der Waals surface area contributed by atoms with Gasteiger partial charge >= 0.3 is 0 Å². The highest BCUT2D eigenvalue weighted by molar-refractivity contribution is 6.30. The number of nitrogens with one attached hydrogen (secondary N) is 3. The van der Waals surface area contributed by atoms with Crippen molar-refractivity contribution in [3.63, 3.8) is 0 Å². The average molecular weight is 422 g/mol. The van der Waals surface area contributed by atoms with Gasteiger partial charge in [0.15, 0.2) is 5.96 Å². The number of aliphatic imine (C=N–C) groups is 1. The first-order valence-corrected chi connectivity index (χ1v) is 10.8. The molecule has 6 nitrogen and oxygen atoms in total. The molecule has 1 fully saturated rings. The average Bonchev–Trinajstić information content (AvgIpc) is 2.66. The van der Waals surface area contributed by atoms with Gasteiger partial charge in [0.2, 0.25) is 5.91 Å². The second-order valence-electron chi connectivity index (χ2n) is 8.77. The second kappa shape index (κ2) is 10.8. The number of halogens is 1. The van der Waals surface area contributed by atoms with Crippen LogP contribution in [0.15, 0.2) is 29.3 Å². The molecule has 2 rings (SSSR count). The minimum absolute atomic E-state index is 0.0526. The van der Waals surface area contributed by atoms with Gasteiger partial charge in [0.25, 0.3) is 0 Å². The number of carbonyl (C=O) groups is 1. The number of hydrogen-bond donors (Lipinski definition) is 3. The Labute approximate surface area is 180 Å². The Morgan fingerprint density at radius 3 is 2.62 bits per heavy atom. The highest BCUT2D eigenvalue weighted by atomic mass is 35.5. The molecular weight excluding hydrogens is 386 g/mol. The Kier molecular flexibility index (Phi) is 8.78. The number of amides is 1. The summed E-state index contributed by atoms with van der Waals surface area (Å²) in [5, 5.41) is 10.5. The van der Waals surface area contributed by atoms with Crippen LogP contribution in [0.1, 0.15) is 45.2 Å². The first-order chi connectivity index (χ1) is 13.7. The Bertz CT molecular complexity index is 701. The van der Waals surface area contributed by atoms with E-state index >= 15 is 0 Å². The van der Waals surface area contributed by atoms with Crippen molar-refractivity contribution >= 4 is 23.5 Å². The maximum atomic E-state index is 11.9. The normalized spacial score (nSPS) is 21.0. The van der Waals surface area contributed by atoms with Gasteiger partial charge in [-0.2, -0.15) is 0 Å². The Balaban J connectivity index is 1.87. The van der Waals surface area contributed by atoms with Crippen molar-refractivity contribution in [2.75, 3.05) is 40.3 Å². The molecule has 1 heterocycles. The van der Waals surface area contributed by atoms with Crippen molar-refractivity contribution in [2.45, 2.75) is 39.7 Å². The lowest BCUT2D eigenvalue weighted by Crippen LogP contribution is -2.47. The SMILES string of the molecule is CN=C(NCCNC(=O)C(C)(C)C)NCC1CCCN(C)C1c1cccc(Cl)c1. The van der Waals surface area contributed by atoms with Crippen LogP contribution in [0, 0.1) is 11.3 Å². The molecular formula is C22H36ClN5O. The summed E-state index contributed by atoms with van der Waals surface area (Å²) in [5.41, 5.74) is 0.891. The lowest BCUT2D eigenvalue weighted by molar-refractivity contribution is -0.128. The third-order valence-electron chi connectivity index (χ3n) is 5.34. The number of benzene rings is 1. The molecule has 0 radical (unpaired) electrons. The monoisotopic (exact) mass is 421 g/mol. The van der Waals surface area contributed by atoms with Crippen LogP contribution in [-0.2, 0) is 4.79 Å². The van der Waals surface area contributed by atoms with Gasteiger partial charge in [0.1, 0.15) is 0 Å². The molecule has 0 saturated carbocycles. The number of rotatable bonds is 6. The summed E-state index contributed by atoms with van der Waals surface area (Å²) < 4.78 is 0. The molecule has 1 aliphatic heterocycles. The number of guanidine groups is 1. The molecule has 0 spiro atoms. The molecule has 1 saturated heterocycles. The highest BCUT2D eigenvalue weighted by Gasteiger charge is 2.30. The predicted molar refractivity (Wildman–Crippen MR) is 121 cm³/mol. The van der Waals surface area contributed by atoms with Crippen molar-refractivity contribution in [1.29, 1.82) is 0 Å². The molecule has 1 aliphatic rings. The quantitative estimate of drug-likeness (QED) is 0.375. The largest absolute Gasteiger partial charge is 0.356 e. The molecule has 2 atom stereocenters. The minimum atomic E-state index is -0.373. The van der Waals surface area contributed by atoms with Crippen LogP contribution in [0.3, 0.4) is 0 Å². The fourth-order valence-corrected chi connectivity index (χ4v) is 3.96. The molecule has 1 aromatic rings. The van der Waals surface area contributed by atoms with Crippen LogP contribution in [0.25, 0.3) is 0 Å². The maximum Gasteiger partial charge on any atom is 0.225 e. The summed E-state index contributed by atoms with van der Waals surface area (Å²) in [6.45, 7) is 8.84. The molecule has 1 amide bonds.